The lowest BCUT2D eigenvalue weighted by molar-refractivity contribution is 0.529. The summed E-state index contributed by atoms with van der Waals surface area (Å²) in [7, 11) is -4.05. The maximum absolute atomic E-state index is 13.4. The molecule has 0 saturated heterocycles. The largest absolute Gasteiger partial charge is 0.332 e. The summed E-state index contributed by atoms with van der Waals surface area (Å²) in [6.07, 6.45) is 3.02. The topological polar surface area (TPSA) is 96.0 Å². The van der Waals surface area contributed by atoms with Crippen LogP contribution in [-0.4, -0.2) is 26.5 Å². The standard InChI is InChI=1S/C21H28N4O4S/c1-5-7-13-23-19-18(20(26)24(21(23)27)14-8-6-2)25(16(4)22-19)30(28,29)17-11-9-15(3)10-12-17/h9-12H,5-8,13-14H2,1-4H3. The van der Waals surface area contributed by atoms with E-state index in [2.05, 4.69) is 4.98 Å². The molecule has 30 heavy (non-hydrogen) atoms. The fraction of sp³-hybridized carbons (Fsp3) is 0.476. The lowest BCUT2D eigenvalue weighted by Gasteiger charge is -2.13. The molecule has 8 nitrogen and oxygen atoms in total. The van der Waals surface area contributed by atoms with E-state index in [1.165, 1.54) is 23.6 Å². The van der Waals surface area contributed by atoms with Crippen molar-refractivity contribution >= 4 is 21.2 Å². The number of aromatic nitrogens is 4. The van der Waals surface area contributed by atoms with Gasteiger partial charge in [0.25, 0.3) is 15.6 Å². The minimum Gasteiger partial charge on any atom is -0.276 e. The average Bonchev–Trinajstić information content (AvgIpc) is 3.06. The van der Waals surface area contributed by atoms with Crippen molar-refractivity contribution in [3.05, 3.63) is 56.5 Å². The summed E-state index contributed by atoms with van der Waals surface area (Å²) in [5.41, 5.74) is -0.0741. The number of imidazole rings is 1. The van der Waals surface area contributed by atoms with Crippen molar-refractivity contribution in [3.8, 4) is 0 Å². The summed E-state index contributed by atoms with van der Waals surface area (Å²) < 4.78 is 30.4. The molecule has 0 saturated carbocycles. The quantitative estimate of drug-likeness (QED) is 0.545. The molecule has 0 spiro atoms. The molecule has 0 bridgehead atoms. The Morgan fingerprint density at radius 1 is 0.900 bits per heavy atom. The molecule has 0 unspecified atom stereocenters. The van der Waals surface area contributed by atoms with Gasteiger partial charge in [-0.2, -0.15) is 0 Å². The van der Waals surface area contributed by atoms with Crippen LogP contribution in [0.4, 0.5) is 0 Å². The van der Waals surface area contributed by atoms with E-state index in [4.69, 9.17) is 0 Å². The number of hydrogen-bond donors (Lipinski definition) is 0. The molecule has 162 valence electrons. The van der Waals surface area contributed by atoms with Crippen LogP contribution in [0.1, 0.15) is 50.9 Å². The fourth-order valence-corrected chi connectivity index (χ4v) is 4.95. The van der Waals surface area contributed by atoms with Gasteiger partial charge in [-0.3, -0.25) is 13.9 Å². The number of fused-ring (bicyclic) bond motifs is 1. The molecule has 0 N–H and O–H groups in total. The third-order valence-corrected chi connectivity index (χ3v) is 6.97. The Bertz CT molecular complexity index is 1280. The van der Waals surface area contributed by atoms with Crippen LogP contribution < -0.4 is 11.2 Å². The highest BCUT2D eigenvalue weighted by Crippen LogP contribution is 2.21. The van der Waals surface area contributed by atoms with E-state index in [1.54, 1.807) is 12.1 Å². The lowest BCUT2D eigenvalue weighted by Crippen LogP contribution is -2.41. The van der Waals surface area contributed by atoms with E-state index in [0.29, 0.717) is 13.0 Å². The molecule has 3 aromatic rings. The minimum absolute atomic E-state index is 0.0696. The third kappa shape index (κ3) is 3.74. The monoisotopic (exact) mass is 432 g/mol. The second-order valence-electron chi connectivity index (χ2n) is 7.51. The van der Waals surface area contributed by atoms with Gasteiger partial charge >= 0.3 is 5.69 Å². The summed E-state index contributed by atoms with van der Waals surface area (Å²) in [6.45, 7) is 7.99. The van der Waals surface area contributed by atoms with E-state index < -0.39 is 21.3 Å². The van der Waals surface area contributed by atoms with Crippen LogP contribution in [0.15, 0.2) is 38.8 Å². The van der Waals surface area contributed by atoms with Crippen LogP contribution in [0.25, 0.3) is 11.2 Å². The highest BCUT2D eigenvalue weighted by Gasteiger charge is 2.27. The SMILES string of the molecule is CCCCn1c(=O)c2c(nc(C)n2S(=O)(=O)c2ccc(C)cc2)n(CCCC)c1=O. The van der Waals surface area contributed by atoms with E-state index >= 15 is 0 Å². The van der Waals surface area contributed by atoms with Crippen LogP contribution >= 0.6 is 0 Å². The first kappa shape index (κ1) is 22.0. The van der Waals surface area contributed by atoms with Gasteiger partial charge in [-0.25, -0.2) is 22.2 Å². The van der Waals surface area contributed by atoms with Crippen molar-refractivity contribution in [1.82, 2.24) is 18.1 Å². The van der Waals surface area contributed by atoms with E-state index in [1.807, 2.05) is 20.8 Å². The summed E-state index contributed by atoms with van der Waals surface area (Å²) >= 11 is 0. The van der Waals surface area contributed by atoms with Gasteiger partial charge in [0, 0.05) is 13.1 Å². The highest BCUT2D eigenvalue weighted by molar-refractivity contribution is 7.90. The Balaban J connectivity index is 2.39. The molecule has 2 heterocycles. The van der Waals surface area contributed by atoms with Crippen molar-refractivity contribution in [1.29, 1.82) is 0 Å². The minimum atomic E-state index is -4.05. The lowest BCUT2D eigenvalue weighted by atomic mass is 10.2. The highest BCUT2D eigenvalue weighted by atomic mass is 32.2. The number of aryl methyl sites for hydroxylation is 3. The van der Waals surface area contributed by atoms with Gasteiger partial charge in [0.1, 0.15) is 5.82 Å². The zero-order valence-electron chi connectivity index (χ0n) is 17.9. The summed E-state index contributed by atoms with van der Waals surface area (Å²) in [5, 5.41) is 0. The number of rotatable bonds is 8. The van der Waals surface area contributed by atoms with E-state index in [9.17, 15) is 18.0 Å². The zero-order valence-corrected chi connectivity index (χ0v) is 18.7. The molecule has 3 rings (SSSR count). The average molecular weight is 433 g/mol. The summed E-state index contributed by atoms with van der Waals surface area (Å²) in [6, 6.07) is 6.44. The van der Waals surface area contributed by atoms with Gasteiger partial charge in [0.15, 0.2) is 11.2 Å². The number of nitrogens with zero attached hydrogens (tertiary/aromatic N) is 4. The molecule has 0 aliphatic rings. The fourth-order valence-electron chi connectivity index (χ4n) is 3.47. The molecule has 2 aromatic heterocycles. The Morgan fingerprint density at radius 3 is 2.03 bits per heavy atom. The molecule has 0 radical (unpaired) electrons. The van der Waals surface area contributed by atoms with Gasteiger partial charge < -0.3 is 0 Å². The number of hydrogen-bond acceptors (Lipinski definition) is 5. The van der Waals surface area contributed by atoms with E-state index in [-0.39, 0.29) is 28.4 Å². The third-order valence-electron chi connectivity index (χ3n) is 5.17. The van der Waals surface area contributed by atoms with Crippen LogP contribution in [0.3, 0.4) is 0 Å². The van der Waals surface area contributed by atoms with Gasteiger partial charge in [0.05, 0.1) is 4.90 Å². The van der Waals surface area contributed by atoms with E-state index in [0.717, 1.165) is 33.4 Å². The summed E-state index contributed by atoms with van der Waals surface area (Å²) in [4.78, 5) is 30.7. The van der Waals surface area contributed by atoms with Gasteiger partial charge in [0.2, 0.25) is 0 Å². The molecule has 1 aromatic carbocycles. The smallest absolute Gasteiger partial charge is 0.276 e. The maximum atomic E-state index is 13.4. The van der Waals surface area contributed by atoms with Crippen molar-refractivity contribution < 1.29 is 8.42 Å². The van der Waals surface area contributed by atoms with Gasteiger partial charge in [-0.1, -0.05) is 44.4 Å². The molecule has 9 heteroatoms. The number of benzene rings is 1. The Hall–Kier alpha value is -2.68. The Kier molecular flexibility index (Phi) is 6.30. The van der Waals surface area contributed by atoms with Gasteiger partial charge in [-0.15, -0.1) is 0 Å². The molecule has 0 amide bonds. The van der Waals surface area contributed by atoms with Gasteiger partial charge in [-0.05, 0) is 38.8 Å². The van der Waals surface area contributed by atoms with Crippen LogP contribution in [-0.2, 0) is 23.1 Å². The normalized spacial score (nSPS) is 12.0. The second kappa shape index (κ2) is 8.59. The van der Waals surface area contributed by atoms with Crippen molar-refractivity contribution in [2.24, 2.45) is 0 Å². The first-order valence-electron chi connectivity index (χ1n) is 10.3. The van der Waals surface area contributed by atoms with Crippen molar-refractivity contribution in [2.45, 2.75) is 71.4 Å². The predicted octanol–water partition coefficient (Wildman–Crippen LogP) is 2.81. The Labute approximate surface area is 175 Å². The molecule has 0 atom stereocenters. The zero-order chi connectivity index (χ0) is 22.1. The maximum Gasteiger partial charge on any atom is 0.332 e. The predicted molar refractivity (Wildman–Crippen MR) is 117 cm³/mol. The van der Waals surface area contributed by atoms with Crippen LogP contribution in [0.2, 0.25) is 0 Å². The first-order chi connectivity index (χ1) is 14.2. The van der Waals surface area contributed by atoms with Crippen molar-refractivity contribution in [2.75, 3.05) is 0 Å². The molecule has 0 aliphatic heterocycles. The van der Waals surface area contributed by atoms with Crippen molar-refractivity contribution in [3.63, 3.8) is 0 Å². The Morgan fingerprint density at radius 2 is 1.47 bits per heavy atom. The number of unbranched alkanes of at least 4 members (excludes halogenated alkanes) is 2. The van der Waals surface area contributed by atoms with Crippen LogP contribution in [0.5, 0.6) is 0 Å². The molecular weight excluding hydrogens is 404 g/mol. The molecular formula is C21H28N4O4S. The van der Waals surface area contributed by atoms with Crippen LogP contribution in [0, 0.1) is 13.8 Å². The molecule has 0 aliphatic carbocycles. The molecule has 0 fully saturated rings. The second-order valence-corrected chi connectivity index (χ2v) is 9.30. The first-order valence-corrected chi connectivity index (χ1v) is 11.7. The summed E-state index contributed by atoms with van der Waals surface area (Å²) in [5.74, 6) is 0.153.